The van der Waals surface area contributed by atoms with Crippen molar-refractivity contribution in [1.82, 2.24) is 30.4 Å². The van der Waals surface area contributed by atoms with Crippen molar-refractivity contribution >= 4 is 41.1 Å². The van der Waals surface area contributed by atoms with E-state index in [1.54, 1.807) is 6.07 Å². The molecule has 2 saturated heterocycles. The number of piperazine rings is 1. The van der Waals surface area contributed by atoms with Crippen LogP contribution in [0.1, 0.15) is 13.8 Å². The number of carbonyl (C=O) groups excluding carboxylic acids is 2. The van der Waals surface area contributed by atoms with Crippen molar-refractivity contribution in [3.63, 3.8) is 0 Å². The first kappa shape index (κ1) is 24.8. The lowest BCUT2D eigenvalue weighted by molar-refractivity contribution is -0.118. The molecule has 2 N–H and O–H groups in total. The van der Waals surface area contributed by atoms with Gasteiger partial charge in [0.2, 0.25) is 5.91 Å². The van der Waals surface area contributed by atoms with Crippen LogP contribution in [-0.4, -0.2) is 109 Å². The third kappa shape index (κ3) is 7.36. The van der Waals surface area contributed by atoms with Crippen LogP contribution in [0.25, 0.3) is 0 Å². The van der Waals surface area contributed by atoms with Crippen LogP contribution < -0.4 is 15.5 Å². The zero-order valence-corrected chi connectivity index (χ0v) is 20.3. The van der Waals surface area contributed by atoms with Crippen LogP contribution in [0.5, 0.6) is 0 Å². The molecule has 0 saturated carbocycles. The van der Waals surface area contributed by atoms with Gasteiger partial charge in [-0.2, -0.15) is 0 Å². The summed E-state index contributed by atoms with van der Waals surface area (Å²) < 4.78 is 5.33. The molecule has 1 unspecified atom stereocenters. The fraction of sp³-hybridized carbons (Fsp3) is 0.700. The summed E-state index contributed by atoms with van der Waals surface area (Å²) in [6.07, 6.45) is 0. The maximum absolute atomic E-state index is 12.2. The lowest BCUT2D eigenvalue weighted by atomic mass is 10.2. The molecule has 3 amide bonds. The molecule has 1 atom stereocenters. The van der Waals surface area contributed by atoms with Crippen LogP contribution in [-0.2, 0) is 9.53 Å². The van der Waals surface area contributed by atoms with Crippen molar-refractivity contribution in [2.45, 2.75) is 25.0 Å². The molecule has 3 heterocycles. The number of rotatable bonds is 8. The number of morpholine rings is 1. The van der Waals surface area contributed by atoms with Crippen molar-refractivity contribution in [2.75, 3.05) is 76.2 Å². The third-order valence-electron chi connectivity index (χ3n) is 5.39. The number of halogens is 1. The largest absolute Gasteiger partial charge is 0.379 e. The van der Waals surface area contributed by atoms with E-state index in [2.05, 4.69) is 30.4 Å². The quantitative estimate of drug-likeness (QED) is 0.318. The highest BCUT2D eigenvalue weighted by atomic mass is 35.5. The van der Waals surface area contributed by atoms with Crippen molar-refractivity contribution in [3.8, 4) is 0 Å². The Balaban J connectivity index is 1.47. The minimum Gasteiger partial charge on any atom is -0.379 e. The molecule has 2 aliphatic heterocycles. The topological polar surface area (TPSA) is 103 Å². The van der Waals surface area contributed by atoms with Crippen molar-refractivity contribution in [2.24, 2.45) is 0 Å². The van der Waals surface area contributed by atoms with E-state index >= 15 is 0 Å². The maximum Gasteiger partial charge on any atom is 0.317 e. The zero-order valence-electron chi connectivity index (χ0n) is 18.7. The number of thioether (sulfide) groups is 1. The first-order chi connectivity index (χ1) is 15.5. The van der Waals surface area contributed by atoms with E-state index in [4.69, 9.17) is 16.3 Å². The fourth-order valence-corrected chi connectivity index (χ4v) is 4.60. The normalized spacial score (nSPS) is 19.7. The van der Waals surface area contributed by atoms with Crippen LogP contribution in [0, 0.1) is 0 Å². The monoisotopic (exact) mass is 485 g/mol. The van der Waals surface area contributed by atoms with Gasteiger partial charge >= 0.3 is 6.03 Å². The molecule has 0 spiro atoms. The van der Waals surface area contributed by atoms with Crippen LogP contribution in [0.15, 0.2) is 11.2 Å². The number of ether oxygens (including phenoxy) is 1. The Morgan fingerprint density at radius 3 is 2.72 bits per heavy atom. The molecule has 10 nitrogen and oxygen atoms in total. The molecule has 178 valence electrons. The van der Waals surface area contributed by atoms with Gasteiger partial charge in [0.05, 0.1) is 19.0 Å². The van der Waals surface area contributed by atoms with Gasteiger partial charge in [0.1, 0.15) is 11.0 Å². The zero-order chi connectivity index (χ0) is 22.9. The standard InChI is InChI=1S/C20H32ClN7O3S/c1-3-22-20(30)28-7-6-27(13-15(28)2)17-12-16(21)24-19(25-17)32-14-18(29)23-4-5-26-8-10-31-11-9-26/h12,15H,3-11,13-14H2,1-2H3,(H,22,30)(H,23,29). The van der Waals surface area contributed by atoms with E-state index in [1.807, 2.05) is 18.7 Å². The molecule has 0 aromatic carbocycles. The molecule has 0 bridgehead atoms. The predicted octanol–water partition coefficient (Wildman–Crippen LogP) is 0.911. The summed E-state index contributed by atoms with van der Waals surface area (Å²) in [7, 11) is 0. The van der Waals surface area contributed by atoms with Gasteiger partial charge in [-0.1, -0.05) is 23.4 Å². The lowest BCUT2D eigenvalue weighted by Gasteiger charge is -2.40. The van der Waals surface area contributed by atoms with Gasteiger partial charge in [0, 0.05) is 64.5 Å². The minimum atomic E-state index is -0.0578. The highest BCUT2D eigenvalue weighted by Gasteiger charge is 2.28. The van der Waals surface area contributed by atoms with Crippen LogP contribution in [0.4, 0.5) is 10.6 Å². The average molecular weight is 486 g/mol. The van der Waals surface area contributed by atoms with E-state index in [9.17, 15) is 9.59 Å². The number of anilines is 1. The van der Waals surface area contributed by atoms with Gasteiger partial charge in [-0.3, -0.25) is 9.69 Å². The number of aromatic nitrogens is 2. The second kappa shape index (κ2) is 12.4. The number of nitrogens with one attached hydrogen (secondary N) is 2. The molecule has 32 heavy (non-hydrogen) atoms. The maximum atomic E-state index is 12.2. The summed E-state index contributed by atoms with van der Waals surface area (Å²) in [4.78, 5) is 39.4. The Labute approximate surface area is 198 Å². The van der Waals surface area contributed by atoms with Crippen LogP contribution in [0.3, 0.4) is 0 Å². The number of urea groups is 1. The Hall–Kier alpha value is -1.82. The van der Waals surface area contributed by atoms with Crippen molar-refractivity contribution < 1.29 is 14.3 Å². The molecule has 12 heteroatoms. The molecular formula is C20H32ClN7O3S. The molecule has 2 aliphatic rings. The second-order valence-electron chi connectivity index (χ2n) is 7.75. The molecule has 0 radical (unpaired) electrons. The summed E-state index contributed by atoms with van der Waals surface area (Å²) >= 11 is 7.50. The summed E-state index contributed by atoms with van der Waals surface area (Å²) in [6.45, 7) is 11.2. The molecule has 1 aromatic rings. The highest BCUT2D eigenvalue weighted by molar-refractivity contribution is 7.99. The van der Waals surface area contributed by atoms with Gasteiger partial charge < -0.3 is 25.2 Å². The number of hydrogen-bond donors (Lipinski definition) is 2. The van der Waals surface area contributed by atoms with Crippen molar-refractivity contribution in [3.05, 3.63) is 11.2 Å². The number of carbonyl (C=O) groups is 2. The molecule has 3 rings (SSSR count). The summed E-state index contributed by atoms with van der Waals surface area (Å²) in [5.74, 6) is 0.879. The van der Waals surface area contributed by atoms with E-state index in [1.165, 1.54) is 11.8 Å². The summed E-state index contributed by atoms with van der Waals surface area (Å²) in [5, 5.41) is 6.60. The SMILES string of the molecule is CCNC(=O)N1CCN(c2cc(Cl)nc(SCC(=O)NCCN3CCOCC3)n2)CC1C. The molecule has 2 fully saturated rings. The molecule has 0 aliphatic carbocycles. The number of amides is 3. The molecule has 1 aromatic heterocycles. The van der Waals surface area contributed by atoms with Gasteiger partial charge in [0.15, 0.2) is 5.16 Å². The highest BCUT2D eigenvalue weighted by Crippen LogP contribution is 2.24. The van der Waals surface area contributed by atoms with Crippen LogP contribution in [0.2, 0.25) is 5.15 Å². The summed E-state index contributed by atoms with van der Waals surface area (Å²) in [5.41, 5.74) is 0. The lowest BCUT2D eigenvalue weighted by Crippen LogP contribution is -2.56. The van der Waals surface area contributed by atoms with Gasteiger partial charge in [0.25, 0.3) is 0 Å². The Bertz CT molecular complexity index is 782. The van der Waals surface area contributed by atoms with Gasteiger partial charge in [-0.15, -0.1) is 0 Å². The van der Waals surface area contributed by atoms with E-state index in [0.29, 0.717) is 48.9 Å². The van der Waals surface area contributed by atoms with E-state index in [-0.39, 0.29) is 23.7 Å². The second-order valence-corrected chi connectivity index (χ2v) is 9.08. The predicted molar refractivity (Wildman–Crippen MR) is 125 cm³/mol. The van der Waals surface area contributed by atoms with E-state index < -0.39 is 0 Å². The first-order valence-corrected chi connectivity index (χ1v) is 12.4. The smallest absolute Gasteiger partial charge is 0.317 e. The fourth-order valence-electron chi connectivity index (χ4n) is 3.69. The first-order valence-electron chi connectivity index (χ1n) is 11.0. The van der Waals surface area contributed by atoms with E-state index in [0.717, 1.165) is 32.8 Å². The van der Waals surface area contributed by atoms with Crippen LogP contribution >= 0.6 is 23.4 Å². The summed E-state index contributed by atoms with van der Waals surface area (Å²) in [6, 6.07) is 1.72. The average Bonchev–Trinajstić information content (AvgIpc) is 2.78. The Morgan fingerprint density at radius 1 is 1.22 bits per heavy atom. The Kier molecular flexibility index (Phi) is 9.64. The van der Waals surface area contributed by atoms with Gasteiger partial charge in [-0.25, -0.2) is 14.8 Å². The molecular weight excluding hydrogens is 454 g/mol. The van der Waals surface area contributed by atoms with Gasteiger partial charge in [-0.05, 0) is 13.8 Å². The minimum absolute atomic E-state index is 0.0392. The Morgan fingerprint density at radius 2 is 2.00 bits per heavy atom. The van der Waals surface area contributed by atoms with Crippen molar-refractivity contribution in [1.29, 1.82) is 0 Å². The third-order valence-corrected chi connectivity index (χ3v) is 6.43. The number of hydrogen-bond acceptors (Lipinski definition) is 8. The number of nitrogens with zero attached hydrogens (tertiary/aromatic N) is 5.